The summed E-state index contributed by atoms with van der Waals surface area (Å²) in [5.74, 6) is -1.25. The van der Waals surface area contributed by atoms with Gasteiger partial charge in [0.2, 0.25) is 0 Å². The van der Waals surface area contributed by atoms with Crippen LogP contribution in [0.1, 0.15) is 29.8 Å². The van der Waals surface area contributed by atoms with Gasteiger partial charge >= 0.3 is 0 Å². The zero-order valence-electron chi connectivity index (χ0n) is 10.2. The fraction of sp³-hybridized carbons (Fsp3) is 0.167. The Hall–Kier alpha value is -2.18. The van der Waals surface area contributed by atoms with Crippen molar-refractivity contribution in [3.63, 3.8) is 0 Å². The van der Waals surface area contributed by atoms with Crippen LogP contribution in [0.15, 0.2) is 30.3 Å². The Morgan fingerprint density at radius 1 is 1.06 bits per heavy atom. The molecule has 0 aliphatic carbocycles. The average Bonchev–Trinajstić information content (AvgIpc) is 2.46. The number of hydroxylamine groups is 2. The predicted molar refractivity (Wildman–Crippen MR) is 66.0 cm³/mol. The van der Waals surface area contributed by atoms with E-state index >= 15 is 0 Å². The summed E-state index contributed by atoms with van der Waals surface area (Å²) in [6.07, 6.45) is 2.60. The number of hydrogen-bond donors (Lipinski definition) is 4. The van der Waals surface area contributed by atoms with Crippen LogP contribution in [-0.4, -0.2) is 22.2 Å². The number of nitrogens with one attached hydrogen (secondary N) is 2. The van der Waals surface area contributed by atoms with Gasteiger partial charge in [0.05, 0.1) is 0 Å². The first-order valence-electron chi connectivity index (χ1n) is 5.34. The van der Waals surface area contributed by atoms with Crippen LogP contribution in [0, 0.1) is 0 Å². The molecule has 98 valence electrons. The van der Waals surface area contributed by atoms with E-state index < -0.39 is 11.8 Å². The molecule has 0 aromatic heterocycles. The molecular formula is C12H16N2O4. The Balaban J connectivity index is 0.00000137. The number of benzene rings is 1. The Bertz CT molecular complexity index is 413. The monoisotopic (exact) mass is 252 g/mol. The first-order valence-corrected chi connectivity index (χ1v) is 5.34. The summed E-state index contributed by atoms with van der Waals surface area (Å²) in [6, 6.07) is 6.15. The normalized spacial score (nSPS) is 9.33. The van der Waals surface area contributed by atoms with Gasteiger partial charge in [0.1, 0.15) is 0 Å². The second-order valence-electron chi connectivity index (χ2n) is 2.87. The molecule has 6 nitrogen and oxygen atoms in total. The zero-order chi connectivity index (χ0) is 14.0. The van der Waals surface area contributed by atoms with Gasteiger partial charge in [-0.2, -0.15) is 0 Å². The first-order chi connectivity index (χ1) is 8.67. The third kappa shape index (κ3) is 5.24. The van der Waals surface area contributed by atoms with Crippen molar-refractivity contribution in [1.82, 2.24) is 11.0 Å². The average molecular weight is 252 g/mol. The second kappa shape index (κ2) is 8.91. The largest absolute Gasteiger partial charge is 0.288 e. The quantitative estimate of drug-likeness (QED) is 0.371. The van der Waals surface area contributed by atoms with Crippen LogP contribution in [0.5, 0.6) is 0 Å². The molecule has 1 aromatic rings. The van der Waals surface area contributed by atoms with Gasteiger partial charge < -0.3 is 0 Å². The number of rotatable bonds is 3. The molecule has 6 heteroatoms. The fourth-order valence-corrected chi connectivity index (χ4v) is 1.02. The van der Waals surface area contributed by atoms with E-state index in [1.54, 1.807) is 12.1 Å². The third-order valence-corrected chi connectivity index (χ3v) is 1.81. The molecule has 0 fully saturated rings. The maximum Gasteiger partial charge on any atom is 0.274 e. The van der Waals surface area contributed by atoms with E-state index in [-0.39, 0.29) is 0 Å². The summed E-state index contributed by atoms with van der Waals surface area (Å²) in [7, 11) is 0. The van der Waals surface area contributed by atoms with Crippen LogP contribution in [0.2, 0.25) is 0 Å². The molecule has 18 heavy (non-hydrogen) atoms. The minimum absolute atomic E-state index is 0.297. The summed E-state index contributed by atoms with van der Waals surface area (Å²) in [6.45, 7) is 4.00. The smallest absolute Gasteiger partial charge is 0.274 e. The topological polar surface area (TPSA) is 98.7 Å². The molecular weight excluding hydrogens is 236 g/mol. The Morgan fingerprint density at radius 3 is 2.06 bits per heavy atom. The van der Waals surface area contributed by atoms with Crippen LogP contribution in [0.4, 0.5) is 0 Å². The predicted octanol–water partition coefficient (Wildman–Crippen LogP) is 1.35. The number of carbonyl (C=O) groups is 2. The maximum absolute atomic E-state index is 11.0. The van der Waals surface area contributed by atoms with Gasteiger partial charge in [-0.05, 0) is 23.8 Å². The van der Waals surface area contributed by atoms with Gasteiger partial charge in [0.25, 0.3) is 11.8 Å². The van der Waals surface area contributed by atoms with E-state index in [9.17, 15) is 9.59 Å². The molecule has 0 aliphatic rings. The fourth-order valence-electron chi connectivity index (χ4n) is 1.02. The molecule has 0 atom stereocenters. The Morgan fingerprint density at radius 2 is 1.61 bits per heavy atom. The van der Waals surface area contributed by atoms with Crippen molar-refractivity contribution in [1.29, 1.82) is 0 Å². The number of carbonyl (C=O) groups excluding carboxylic acids is 2. The standard InChI is InChI=1S/C10H10N2O4.C2H6/c13-9(11-15)6-3-7-1-4-8(5-2-7)10(14)12-16;1-2/h1-6,15-16H,(H,11,13)(H,12,14);1-2H3/b6-3+;. The van der Waals surface area contributed by atoms with Crippen molar-refractivity contribution < 1.29 is 20.0 Å². The highest BCUT2D eigenvalue weighted by Crippen LogP contribution is 2.05. The molecule has 0 heterocycles. The minimum Gasteiger partial charge on any atom is -0.288 e. The molecule has 0 aliphatic heterocycles. The molecule has 1 rings (SSSR count). The van der Waals surface area contributed by atoms with Gasteiger partial charge in [-0.3, -0.25) is 20.0 Å². The Labute approximate surface area is 105 Å². The van der Waals surface area contributed by atoms with Crippen molar-refractivity contribution >= 4 is 17.9 Å². The van der Waals surface area contributed by atoms with Crippen LogP contribution in [0.25, 0.3) is 6.08 Å². The van der Waals surface area contributed by atoms with Gasteiger partial charge in [0, 0.05) is 11.6 Å². The first kappa shape index (κ1) is 15.8. The molecule has 0 spiro atoms. The van der Waals surface area contributed by atoms with Crippen LogP contribution >= 0.6 is 0 Å². The van der Waals surface area contributed by atoms with Gasteiger partial charge in [0.15, 0.2) is 0 Å². The van der Waals surface area contributed by atoms with Gasteiger partial charge in [-0.1, -0.05) is 26.0 Å². The van der Waals surface area contributed by atoms with Crippen LogP contribution < -0.4 is 11.0 Å². The molecule has 0 unspecified atom stereocenters. The zero-order valence-corrected chi connectivity index (χ0v) is 10.2. The summed E-state index contributed by atoms with van der Waals surface area (Å²) < 4.78 is 0. The van der Waals surface area contributed by atoms with E-state index in [1.165, 1.54) is 29.2 Å². The van der Waals surface area contributed by atoms with Crippen molar-refractivity contribution in [3.8, 4) is 0 Å². The highest BCUT2D eigenvalue weighted by molar-refractivity contribution is 5.94. The van der Waals surface area contributed by atoms with E-state index in [2.05, 4.69) is 0 Å². The van der Waals surface area contributed by atoms with Crippen LogP contribution in [0.3, 0.4) is 0 Å². The van der Waals surface area contributed by atoms with E-state index in [0.717, 1.165) is 6.08 Å². The molecule has 0 saturated carbocycles. The summed E-state index contributed by atoms with van der Waals surface area (Å²) in [5, 5.41) is 16.6. The lowest BCUT2D eigenvalue weighted by Gasteiger charge is -1.98. The number of hydrogen-bond acceptors (Lipinski definition) is 4. The SMILES string of the molecule is CC.O=C(/C=C/c1ccc(C(=O)NO)cc1)NO. The molecule has 0 bridgehead atoms. The molecule has 0 saturated heterocycles. The summed E-state index contributed by atoms with van der Waals surface area (Å²) in [4.78, 5) is 21.6. The molecule has 1 aromatic carbocycles. The highest BCUT2D eigenvalue weighted by Gasteiger charge is 2.01. The van der Waals surface area contributed by atoms with Crippen LogP contribution in [-0.2, 0) is 4.79 Å². The minimum atomic E-state index is -0.642. The highest BCUT2D eigenvalue weighted by atomic mass is 16.5. The lowest BCUT2D eigenvalue weighted by molar-refractivity contribution is -0.124. The van der Waals surface area contributed by atoms with E-state index in [1.807, 2.05) is 13.8 Å². The maximum atomic E-state index is 11.0. The second-order valence-corrected chi connectivity index (χ2v) is 2.87. The van der Waals surface area contributed by atoms with Crippen molar-refractivity contribution in [2.24, 2.45) is 0 Å². The molecule has 0 radical (unpaired) electrons. The third-order valence-electron chi connectivity index (χ3n) is 1.81. The summed E-state index contributed by atoms with van der Waals surface area (Å²) >= 11 is 0. The molecule has 4 N–H and O–H groups in total. The lowest BCUT2D eigenvalue weighted by atomic mass is 10.1. The van der Waals surface area contributed by atoms with Crippen molar-refractivity contribution in [2.75, 3.05) is 0 Å². The van der Waals surface area contributed by atoms with Crippen molar-refractivity contribution in [3.05, 3.63) is 41.5 Å². The summed E-state index contributed by atoms with van der Waals surface area (Å²) in [5.41, 5.74) is 3.93. The van der Waals surface area contributed by atoms with Gasteiger partial charge in [-0.25, -0.2) is 11.0 Å². The number of amides is 2. The lowest BCUT2D eigenvalue weighted by Crippen LogP contribution is -2.18. The van der Waals surface area contributed by atoms with E-state index in [0.29, 0.717) is 11.1 Å². The Kier molecular flexibility index (Phi) is 7.83. The van der Waals surface area contributed by atoms with Gasteiger partial charge in [-0.15, -0.1) is 0 Å². The van der Waals surface area contributed by atoms with Crippen molar-refractivity contribution in [2.45, 2.75) is 13.8 Å². The van der Waals surface area contributed by atoms with E-state index in [4.69, 9.17) is 10.4 Å². The molecule has 2 amide bonds.